The first kappa shape index (κ1) is 26.5. The van der Waals surface area contributed by atoms with E-state index in [2.05, 4.69) is 25.2 Å². The molecule has 0 atom stereocenters. The molecule has 3 rings (SSSR count). The molecule has 0 radical (unpaired) electrons. The average Bonchev–Trinajstić information content (AvgIpc) is 3.16. The summed E-state index contributed by atoms with van der Waals surface area (Å²) in [4.78, 5) is 3.34. The number of nitrogens with one attached hydrogen (secondary N) is 3. The van der Waals surface area contributed by atoms with E-state index in [0.717, 1.165) is 12.1 Å². The van der Waals surface area contributed by atoms with E-state index in [1.165, 1.54) is 39.2 Å². The summed E-state index contributed by atoms with van der Waals surface area (Å²) in [6.45, 7) is 2.35. The molecule has 0 saturated carbocycles. The molecule has 2 aromatic carbocycles. The van der Waals surface area contributed by atoms with Gasteiger partial charge in [0.05, 0.1) is 29.8 Å². The lowest BCUT2D eigenvalue weighted by Crippen LogP contribution is -2.46. The number of hydrogen-bond acceptors (Lipinski definition) is 8. The molecule has 1 aromatic heterocycles. The van der Waals surface area contributed by atoms with Crippen molar-refractivity contribution in [3.8, 4) is 16.9 Å². The number of rotatable bonds is 8. The summed E-state index contributed by atoms with van der Waals surface area (Å²) in [5.74, 6) is -0.230. The van der Waals surface area contributed by atoms with Crippen LogP contribution in [0, 0.1) is 0 Å². The number of H-pyrrole nitrogens is 1. The molecule has 0 fully saturated rings. The van der Waals surface area contributed by atoms with E-state index >= 15 is 0 Å². The van der Waals surface area contributed by atoms with Crippen molar-refractivity contribution >= 4 is 39.2 Å². The van der Waals surface area contributed by atoms with Crippen LogP contribution >= 0.6 is 11.6 Å². The predicted octanol–water partition coefficient (Wildman–Crippen LogP) is 3.53. The van der Waals surface area contributed by atoms with Gasteiger partial charge in [-0.25, -0.2) is 18.2 Å². The fourth-order valence-corrected chi connectivity index (χ4v) is 5.08. The van der Waals surface area contributed by atoms with Gasteiger partial charge in [0.2, 0.25) is 21.9 Å². The van der Waals surface area contributed by atoms with Crippen LogP contribution in [0.1, 0.15) is 19.4 Å². The second-order valence-corrected chi connectivity index (χ2v) is 10.1. The van der Waals surface area contributed by atoms with Gasteiger partial charge >= 0.3 is 6.18 Å². The molecule has 6 N–H and O–H groups in total. The molecular weight excluding hydrogens is 513 g/mol. The lowest BCUT2D eigenvalue weighted by molar-refractivity contribution is -0.137. The number of ether oxygens (including phenoxy) is 1. The van der Waals surface area contributed by atoms with Crippen LogP contribution in [0.15, 0.2) is 35.2 Å². The molecule has 0 bridgehead atoms. The number of aliphatic hydroxyl groups excluding tert-OH is 1. The predicted molar refractivity (Wildman–Crippen MR) is 124 cm³/mol. The molecule has 0 amide bonds. The number of sulfonamides is 1. The van der Waals surface area contributed by atoms with Gasteiger partial charge in [0.1, 0.15) is 10.6 Å². The number of aromatic amines is 1. The number of aliphatic hydroxyl groups is 1. The van der Waals surface area contributed by atoms with E-state index in [9.17, 15) is 26.7 Å². The van der Waals surface area contributed by atoms with Crippen molar-refractivity contribution in [1.29, 1.82) is 0 Å². The quantitative estimate of drug-likeness (QED) is 0.294. The standard InChI is InChI=1S/C20H22ClF3N6O4S/c1-19(2,9-31)30-35(32,33)15-6-10(4-5-14(15)34-3)16-12(20(22,23)24)7-11(8-13(16)21)26-18-27-17(25)28-29-18/h4-8,30-31H,9H2,1-3H3,(H4,25,26,27,28,29). The van der Waals surface area contributed by atoms with Crippen LogP contribution in [0.25, 0.3) is 11.1 Å². The van der Waals surface area contributed by atoms with Crippen molar-refractivity contribution in [2.24, 2.45) is 0 Å². The molecule has 0 aliphatic heterocycles. The van der Waals surface area contributed by atoms with Crippen LogP contribution in [0.2, 0.25) is 5.02 Å². The molecule has 3 aromatic rings. The van der Waals surface area contributed by atoms with Crippen LogP contribution in [-0.4, -0.2) is 48.0 Å². The number of anilines is 3. The number of aromatic nitrogens is 3. The summed E-state index contributed by atoms with van der Waals surface area (Å²) in [6.07, 6.45) is -4.86. The SMILES string of the molecule is COc1ccc(-c2c(Cl)cc(Nc3n[nH]c(N)n3)cc2C(F)(F)F)cc1S(=O)(=O)NC(C)(C)CO. The smallest absolute Gasteiger partial charge is 0.417 e. The van der Waals surface area contributed by atoms with E-state index in [1.807, 2.05) is 0 Å². The fourth-order valence-electron chi connectivity index (χ4n) is 3.15. The lowest BCUT2D eigenvalue weighted by atomic mass is 9.98. The molecule has 0 saturated heterocycles. The van der Waals surface area contributed by atoms with Crippen molar-refractivity contribution < 1.29 is 31.4 Å². The fraction of sp³-hybridized carbons (Fsp3) is 0.300. The molecule has 0 spiro atoms. The van der Waals surface area contributed by atoms with Gasteiger partial charge in [-0.3, -0.25) is 0 Å². The number of hydrogen-bond donors (Lipinski definition) is 5. The minimum Gasteiger partial charge on any atom is -0.495 e. The third-order valence-electron chi connectivity index (χ3n) is 4.70. The molecule has 190 valence electrons. The van der Waals surface area contributed by atoms with Crippen LogP contribution < -0.4 is 20.5 Å². The third kappa shape index (κ3) is 5.96. The van der Waals surface area contributed by atoms with Crippen molar-refractivity contribution in [2.75, 3.05) is 24.8 Å². The highest BCUT2D eigenvalue weighted by Crippen LogP contribution is 2.44. The van der Waals surface area contributed by atoms with Gasteiger partial charge in [0.25, 0.3) is 0 Å². The number of nitrogens with two attached hydrogens (primary N) is 1. The van der Waals surface area contributed by atoms with Crippen LogP contribution in [0.5, 0.6) is 5.75 Å². The highest BCUT2D eigenvalue weighted by Gasteiger charge is 2.36. The maximum absolute atomic E-state index is 14.1. The highest BCUT2D eigenvalue weighted by molar-refractivity contribution is 7.89. The number of alkyl halides is 3. The van der Waals surface area contributed by atoms with Crippen molar-refractivity contribution in [2.45, 2.75) is 30.5 Å². The Balaban J connectivity index is 2.17. The zero-order valence-corrected chi connectivity index (χ0v) is 20.2. The third-order valence-corrected chi connectivity index (χ3v) is 6.72. The Labute approximate surface area is 203 Å². The van der Waals surface area contributed by atoms with E-state index in [4.69, 9.17) is 22.1 Å². The second-order valence-electron chi connectivity index (χ2n) is 8.06. The number of nitrogen functional groups attached to an aromatic ring is 1. The normalized spacial score (nSPS) is 12.6. The highest BCUT2D eigenvalue weighted by atomic mass is 35.5. The lowest BCUT2D eigenvalue weighted by Gasteiger charge is -2.24. The number of methoxy groups -OCH3 is 1. The molecule has 0 aliphatic rings. The average molecular weight is 535 g/mol. The minimum atomic E-state index is -4.86. The first-order chi connectivity index (χ1) is 16.2. The maximum Gasteiger partial charge on any atom is 0.417 e. The van der Waals surface area contributed by atoms with Gasteiger partial charge in [-0.1, -0.05) is 17.7 Å². The van der Waals surface area contributed by atoms with Gasteiger partial charge in [0.15, 0.2) is 0 Å². The largest absolute Gasteiger partial charge is 0.495 e. The minimum absolute atomic E-state index is 0.0452. The van der Waals surface area contributed by atoms with E-state index in [0.29, 0.717) is 0 Å². The van der Waals surface area contributed by atoms with Crippen LogP contribution in [0.3, 0.4) is 0 Å². The number of benzene rings is 2. The first-order valence-electron chi connectivity index (χ1n) is 9.86. The second kappa shape index (κ2) is 9.53. The molecule has 35 heavy (non-hydrogen) atoms. The monoisotopic (exact) mass is 534 g/mol. The van der Waals surface area contributed by atoms with Gasteiger partial charge in [0, 0.05) is 11.3 Å². The maximum atomic E-state index is 14.1. The van der Waals surface area contributed by atoms with E-state index < -0.39 is 44.4 Å². The Bertz CT molecular complexity index is 1350. The van der Waals surface area contributed by atoms with Gasteiger partial charge in [-0.15, -0.1) is 5.10 Å². The van der Waals surface area contributed by atoms with Gasteiger partial charge in [-0.05, 0) is 43.7 Å². The molecule has 10 nitrogen and oxygen atoms in total. The first-order valence-corrected chi connectivity index (χ1v) is 11.7. The Morgan fingerprint density at radius 1 is 1.23 bits per heavy atom. The number of halogens is 4. The topological polar surface area (TPSA) is 155 Å². The van der Waals surface area contributed by atoms with Crippen molar-refractivity contribution in [1.82, 2.24) is 19.9 Å². The summed E-state index contributed by atoms with van der Waals surface area (Å²) in [5.41, 5.74) is 2.41. The van der Waals surface area contributed by atoms with Gasteiger partial charge < -0.3 is 20.9 Å². The van der Waals surface area contributed by atoms with E-state index in [-0.39, 0.29) is 33.9 Å². The van der Waals surface area contributed by atoms with Crippen LogP contribution in [0.4, 0.5) is 30.8 Å². The summed E-state index contributed by atoms with van der Waals surface area (Å²) >= 11 is 6.27. The molecule has 0 aliphatic carbocycles. The molecule has 15 heteroatoms. The zero-order valence-electron chi connectivity index (χ0n) is 18.7. The van der Waals surface area contributed by atoms with Crippen molar-refractivity contribution in [3.63, 3.8) is 0 Å². The Morgan fingerprint density at radius 2 is 1.91 bits per heavy atom. The van der Waals surface area contributed by atoms with Crippen molar-refractivity contribution in [3.05, 3.63) is 40.9 Å². The zero-order chi connectivity index (χ0) is 26.2. The van der Waals surface area contributed by atoms with Gasteiger partial charge in [-0.2, -0.15) is 18.2 Å². The Hall–Kier alpha value is -3.07. The summed E-state index contributed by atoms with van der Waals surface area (Å²) in [5, 5.41) is 17.7. The summed E-state index contributed by atoms with van der Waals surface area (Å²) in [7, 11) is -3.10. The summed E-state index contributed by atoms with van der Waals surface area (Å²) in [6, 6.07) is 5.50. The molecular formula is C20H22ClF3N6O4S. The molecule has 1 heterocycles. The number of nitrogens with zero attached hydrogens (tertiary/aromatic N) is 2. The molecule has 0 unspecified atom stereocenters. The van der Waals surface area contributed by atoms with E-state index in [1.54, 1.807) is 0 Å². The summed E-state index contributed by atoms with van der Waals surface area (Å²) < 4.78 is 75.6. The Morgan fingerprint density at radius 3 is 2.46 bits per heavy atom. The van der Waals surface area contributed by atoms with Crippen LogP contribution in [-0.2, 0) is 16.2 Å². The Kier molecular flexibility index (Phi) is 7.22.